The summed E-state index contributed by atoms with van der Waals surface area (Å²) in [6, 6.07) is -0.874. The topological polar surface area (TPSA) is 177 Å². The van der Waals surface area contributed by atoms with E-state index in [4.69, 9.17) is 5.73 Å². The number of nitrogens with zero attached hydrogens (tertiary/aromatic N) is 1. The van der Waals surface area contributed by atoms with Crippen molar-refractivity contribution in [2.24, 2.45) is 17.6 Å². The molecule has 5 rings (SSSR count). The molecule has 1 saturated carbocycles. The van der Waals surface area contributed by atoms with Crippen molar-refractivity contribution >= 4 is 17.4 Å². The lowest BCUT2D eigenvalue weighted by molar-refractivity contribution is -0.172. The Hall–Kier alpha value is -3.13. The van der Waals surface area contributed by atoms with Crippen molar-refractivity contribution in [1.82, 2.24) is 10.2 Å². The van der Waals surface area contributed by atoms with Gasteiger partial charge in [0.2, 0.25) is 0 Å². The van der Waals surface area contributed by atoms with E-state index < -0.39 is 99.5 Å². The molecule has 1 aromatic rings. The predicted molar refractivity (Wildman–Crippen MR) is 144 cm³/mol. The van der Waals surface area contributed by atoms with Gasteiger partial charge in [0, 0.05) is 17.5 Å². The van der Waals surface area contributed by atoms with Gasteiger partial charge in [-0.2, -0.15) is 13.2 Å². The van der Waals surface area contributed by atoms with Gasteiger partial charge in [0.15, 0.2) is 11.4 Å². The van der Waals surface area contributed by atoms with Crippen LogP contribution in [0.1, 0.15) is 67.8 Å². The molecule has 0 radical (unpaired) electrons. The standard InChI is InChI=1S/C29H36F3N3O7/c1-3-8-35(4-2)22-15-10-12-9-14-19(17(36)11-13(16-6-5-7-34-16)21(14)29(30,31)32)23(37)18(12)25(39)28(15,42)26(40)20(24(22)38)27(33)41/h11-12,15-16,22,26,34,36-38,40,42H,3-10H2,1-2H3,(H2,33,41)/t12-,15-,16?,22-,26?,28-/m0/s1. The van der Waals surface area contributed by atoms with Gasteiger partial charge in [-0.25, -0.2) is 0 Å². The van der Waals surface area contributed by atoms with Crippen LogP contribution in [0.5, 0.6) is 5.75 Å². The number of hydrogen-bond donors (Lipinski definition) is 7. The van der Waals surface area contributed by atoms with Crippen molar-refractivity contribution < 1.29 is 48.3 Å². The number of aromatic hydroxyl groups is 1. The first-order valence-corrected chi connectivity index (χ1v) is 14.2. The van der Waals surface area contributed by atoms with Crippen molar-refractivity contribution in [1.29, 1.82) is 0 Å². The normalized spacial score (nSPS) is 31.3. The second-order valence-corrected chi connectivity index (χ2v) is 11.7. The largest absolute Gasteiger partial charge is 0.510 e. The minimum absolute atomic E-state index is 0.149. The van der Waals surface area contributed by atoms with Gasteiger partial charge >= 0.3 is 6.18 Å². The van der Waals surface area contributed by atoms with E-state index in [1.54, 1.807) is 11.8 Å². The molecule has 0 bridgehead atoms. The van der Waals surface area contributed by atoms with E-state index in [0.717, 1.165) is 6.07 Å². The van der Waals surface area contributed by atoms with E-state index in [-0.39, 0.29) is 17.5 Å². The Morgan fingerprint density at radius 1 is 1.24 bits per heavy atom. The highest BCUT2D eigenvalue weighted by Gasteiger charge is 2.65. The summed E-state index contributed by atoms with van der Waals surface area (Å²) in [6.07, 6.45) is -6.08. The Labute approximate surface area is 240 Å². The van der Waals surface area contributed by atoms with Crippen LogP contribution < -0.4 is 11.1 Å². The van der Waals surface area contributed by atoms with Crippen molar-refractivity contribution in [2.75, 3.05) is 19.6 Å². The van der Waals surface area contributed by atoms with Gasteiger partial charge in [-0.3, -0.25) is 14.5 Å². The van der Waals surface area contributed by atoms with Gasteiger partial charge < -0.3 is 36.6 Å². The van der Waals surface area contributed by atoms with Crippen LogP contribution in [0.15, 0.2) is 23.0 Å². The molecule has 1 aromatic carbocycles. The smallest absolute Gasteiger partial charge is 0.417 e. The predicted octanol–water partition coefficient (Wildman–Crippen LogP) is 2.37. The third-order valence-electron chi connectivity index (χ3n) is 9.43. The molecule has 0 spiro atoms. The fourth-order valence-corrected chi connectivity index (χ4v) is 7.69. The van der Waals surface area contributed by atoms with Crippen LogP contribution in [0.4, 0.5) is 13.2 Å². The van der Waals surface area contributed by atoms with Gasteiger partial charge in [0.25, 0.3) is 5.91 Å². The summed E-state index contributed by atoms with van der Waals surface area (Å²) in [5.74, 6) is -6.95. The third-order valence-corrected chi connectivity index (χ3v) is 9.43. The zero-order valence-electron chi connectivity index (χ0n) is 23.3. The number of benzene rings is 1. The Morgan fingerprint density at radius 2 is 1.93 bits per heavy atom. The third kappa shape index (κ3) is 4.31. The highest BCUT2D eigenvalue weighted by atomic mass is 19.4. The number of likely N-dealkylation sites (N-methyl/N-ethyl adjacent to an activating group) is 1. The number of phenolic OH excluding ortho intramolecular Hbond substituents is 1. The zero-order chi connectivity index (χ0) is 30.9. The average molecular weight is 596 g/mol. The fourth-order valence-electron chi connectivity index (χ4n) is 7.69. The molecular formula is C29H36F3N3O7. The molecule has 10 nitrogen and oxygen atoms in total. The maximum atomic E-state index is 14.7. The molecule has 4 aliphatic rings. The Balaban J connectivity index is 1.73. The van der Waals surface area contributed by atoms with E-state index in [0.29, 0.717) is 38.9 Å². The SMILES string of the molecule is CCCN(CC)[C@@H]1C(O)=C(C(N)=O)C(O)[C@@]2(O)C(=O)C3=C(O)c4c(O)cc(C5CCCN5)c(C(F)(F)F)c4C[C@H]3C[C@@H]12. The maximum Gasteiger partial charge on any atom is 0.417 e. The Morgan fingerprint density at radius 3 is 2.48 bits per heavy atom. The molecule has 1 amide bonds. The summed E-state index contributed by atoms with van der Waals surface area (Å²) in [5, 5.41) is 59.5. The van der Waals surface area contributed by atoms with Crippen LogP contribution in [-0.4, -0.2) is 79.5 Å². The van der Waals surface area contributed by atoms with E-state index >= 15 is 0 Å². The number of carbonyl (C=O) groups is 2. The van der Waals surface area contributed by atoms with Crippen molar-refractivity contribution in [3.05, 3.63) is 45.2 Å². The summed E-state index contributed by atoms with van der Waals surface area (Å²) >= 11 is 0. The lowest BCUT2D eigenvalue weighted by Crippen LogP contribution is -2.69. The van der Waals surface area contributed by atoms with Crippen LogP contribution in [0.2, 0.25) is 0 Å². The van der Waals surface area contributed by atoms with Crippen LogP contribution in [0, 0.1) is 11.8 Å². The quantitative estimate of drug-likeness (QED) is 0.260. The number of carbonyl (C=O) groups excluding carboxylic acids is 2. The lowest BCUT2D eigenvalue weighted by atomic mass is 9.56. The molecule has 230 valence electrons. The number of phenols is 1. The summed E-state index contributed by atoms with van der Waals surface area (Å²) in [5.41, 5.74) is -0.530. The van der Waals surface area contributed by atoms with Crippen LogP contribution >= 0.6 is 0 Å². The average Bonchev–Trinajstić information content (AvgIpc) is 3.44. The van der Waals surface area contributed by atoms with Crippen LogP contribution in [0.3, 0.4) is 0 Å². The first-order chi connectivity index (χ1) is 19.7. The molecule has 2 fully saturated rings. The number of amides is 1. The van der Waals surface area contributed by atoms with Crippen molar-refractivity contribution in [2.45, 2.75) is 75.9 Å². The number of halogens is 3. The highest BCUT2D eigenvalue weighted by Crippen LogP contribution is 2.55. The van der Waals surface area contributed by atoms with Crippen molar-refractivity contribution in [3.63, 3.8) is 0 Å². The van der Waals surface area contributed by atoms with Gasteiger partial charge in [0.05, 0.1) is 22.7 Å². The second-order valence-electron chi connectivity index (χ2n) is 11.7. The second kappa shape index (κ2) is 10.5. The van der Waals surface area contributed by atoms with Gasteiger partial charge in [-0.15, -0.1) is 0 Å². The molecule has 1 aliphatic heterocycles. The number of ketones is 1. The molecule has 1 heterocycles. The number of nitrogens with one attached hydrogen (secondary N) is 1. The molecular weight excluding hydrogens is 559 g/mol. The minimum atomic E-state index is -4.85. The van der Waals surface area contributed by atoms with Gasteiger partial charge in [0.1, 0.15) is 23.4 Å². The lowest BCUT2D eigenvalue weighted by Gasteiger charge is -2.54. The Bertz CT molecular complexity index is 1390. The molecule has 1 saturated heterocycles. The van der Waals surface area contributed by atoms with E-state index in [2.05, 4.69) is 5.32 Å². The van der Waals surface area contributed by atoms with Gasteiger partial charge in [-0.05, 0) is 74.8 Å². The number of aliphatic hydroxyl groups excluding tert-OH is 3. The van der Waals surface area contributed by atoms with E-state index in [1.165, 1.54) is 0 Å². The number of nitrogens with two attached hydrogens (primary N) is 1. The molecule has 8 N–H and O–H groups in total. The molecule has 2 unspecified atom stereocenters. The fraction of sp³-hybridized carbons (Fsp3) is 0.586. The number of fused-ring (bicyclic) bond motifs is 3. The number of aliphatic hydroxyl groups is 4. The molecule has 13 heteroatoms. The first-order valence-electron chi connectivity index (χ1n) is 14.2. The first kappa shape index (κ1) is 30.3. The monoisotopic (exact) mass is 595 g/mol. The summed E-state index contributed by atoms with van der Waals surface area (Å²) in [4.78, 5) is 28.1. The van der Waals surface area contributed by atoms with Crippen LogP contribution in [-0.2, 0) is 22.2 Å². The summed E-state index contributed by atoms with van der Waals surface area (Å²) < 4.78 is 44.0. The zero-order valence-corrected chi connectivity index (χ0v) is 23.3. The minimum Gasteiger partial charge on any atom is -0.510 e. The molecule has 6 atom stereocenters. The number of hydrogen-bond acceptors (Lipinski definition) is 9. The summed E-state index contributed by atoms with van der Waals surface area (Å²) in [6.45, 7) is 4.78. The Kier molecular flexibility index (Phi) is 7.62. The number of primary amides is 1. The molecule has 3 aliphatic carbocycles. The van der Waals surface area contributed by atoms with Crippen molar-refractivity contribution in [3.8, 4) is 5.75 Å². The number of alkyl halides is 3. The summed E-state index contributed by atoms with van der Waals surface area (Å²) in [7, 11) is 0. The maximum absolute atomic E-state index is 14.7. The van der Waals surface area contributed by atoms with E-state index in [1.807, 2.05) is 6.92 Å². The van der Waals surface area contributed by atoms with Gasteiger partial charge in [-0.1, -0.05) is 13.8 Å². The van der Waals surface area contributed by atoms with E-state index in [9.17, 15) is 48.3 Å². The van der Waals surface area contributed by atoms with Crippen LogP contribution in [0.25, 0.3) is 5.76 Å². The molecule has 42 heavy (non-hydrogen) atoms. The number of Topliss-reactive ketones (excluding diaryl/α,β-unsaturated/α-hetero) is 1. The number of rotatable bonds is 6. The highest BCUT2D eigenvalue weighted by molar-refractivity contribution is 6.11. The molecule has 0 aromatic heterocycles.